The van der Waals surface area contributed by atoms with E-state index in [0.717, 1.165) is 0 Å². The number of fused-ring (bicyclic) bond motifs is 1. The third kappa shape index (κ3) is 6.36. The Balaban J connectivity index is 1.86. The second-order valence-corrected chi connectivity index (χ2v) is 8.50. The number of aromatic nitrogens is 2. The summed E-state index contributed by atoms with van der Waals surface area (Å²) in [6.07, 6.45) is -8.59. The molecule has 0 saturated heterocycles. The number of hydrogen-bond acceptors (Lipinski definition) is 3. The van der Waals surface area contributed by atoms with E-state index in [9.17, 15) is 31.6 Å². The Hall–Kier alpha value is -4.24. The molecule has 3 N–H and O–H groups in total. The number of halogens is 7. The molecule has 38 heavy (non-hydrogen) atoms. The number of para-hydroxylation sites is 2. The van der Waals surface area contributed by atoms with Crippen LogP contribution in [0.5, 0.6) is 0 Å². The minimum atomic E-state index is -4.98. The molecular formula is C25H17ClF6N6. The lowest BCUT2D eigenvalue weighted by atomic mass is 9.95. The summed E-state index contributed by atoms with van der Waals surface area (Å²) in [4.78, 5) is 11.5. The maximum atomic E-state index is 14.0. The summed E-state index contributed by atoms with van der Waals surface area (Å²) < 4.78 is 82.4. The van der Waals surface area contributed by atoms with Crippen molar-refractivity contribution in [3.63, 3.8) is 0 Å². The number of anilines is 1. The van der Waals surface area contributed by atoms with Crippen LogP contribution in [-0.2, 0) is 18.8 Å². The van der Waals surface area contributed by atoms with Crippen LogP contribution in [0.4, 0.5) is 32.0 Å². The second-order valence-electron chi connectivity index (χ2n) is 8.06. The number of alkyl halides is 6. The van der Waals surface area contributed by atoms with E-state index in [1.807, 2.05) is 0 Å². The van der Waals surface area contributed by atoms with Crippen molar-refractivity contribution < 1.29 is 26.3 Å². The van der Waals surface area contributed by atoms with Gasteiger partial charge in [-0.05, 0) is 60.2 Å². The molecule has 1 aromatic heterocycles. The van der Waals surface area contributed by atoms with Crippen LogP contribution in [-0.4, -0.2) is 15.9 Å². The van der Waals surface area contributed by atoms with Gasteiger partial charge < -0.3 is 10.3 Å². The van der Waals surface area contributed by atoms with Gasteiger partial charge in [0.1, 0.15) is 5.82 Å². The van der Waals surface area contributed by atoms with Crippen LogP contribution in [0.3, 0.4) is 0 Å². The van der Waals surface area contributed by atoms with E-state index in [2.05, 4.69) is 25.6 Å². The Morgan fingerprint density at radius 2 is 1.71 bits per heavy atom. The zero-order valence-electron chi connectivity index (χ0n) is 19.1. The molecule has 196 valence electrons. The van der Waals surface area contributed by atoms with E-state index < -0.39 is 35.1 Å². The molecule has 1 unspecified atom stereocenters. The predicted molar refractivity (Wildman–Crippen MR) is 130 cm³/mol. The summed E-state index contributed by atoms with van der Waals surface area (Å²) in [6, 6.07) is 12.5. The Morgan fingerprint density at radius 1 is 1.00 bits per heavy atom. The third-order valence-electron chi connectivity index (χ3n) is 5.43. The Labute approximate surface area is 217 Å². The van der Waals surface area contributed by atoms with Crippen LogP contribution in [0.1, 0.15) is 28.6 Å². The average Bonchev–Trinajstić information content (AvgIpc) is 3.26. The largest absolute Gasteiger partial charge is 0.416 e. The number of nitrogens with one attached hydrogen (secondary N) is 3. The fraction of sp³-hybridized carbons (Fsp3) is 0.160. The summed E-state index contributed by atoms with van der Waals surface area (Å²) in [5.41, 5.74) is -1.83. The van der Waals surface area contributed by atoms with E-state index in [1.54, 1.807) is 30.5 Å². The molecular weight excluding hydrogens is 534 g/mol. The first-order valence-corrected chi connectivity index (χ1v) is 11.3. The van der Waals surface area contributed by atoms with Crippen LogP contribution >= 0.6 is 11.6 Å². The molecule has 0 bridgehead atoms. The van der Waals surface area contributed by atoms with Gasteiger partial charge in [-0.1, -0.05) is 23.7 Å². The zero-order chi connectivity index (χ0) is 27.5. The van der Waals surface area contributed by atoms with Crippen LogP contribution in [0.25, 0.3) is 11.0 Å². The van der Waals surface area contributed by atoms with Crippen LogP contribution in [0.15, 0.2) is 71.7 Å². The number of hydrogen-bond donors (Lipinski definition) is 3. The normalized spacial score (nSPS) is 13.3. The molecule has 6 nitrogen and oxygen atoms in total. The van der Waals surface area contributed by atoms with Gasteiger partial charge in [0.05, 0.1) is 28.2 Å². The molecule has 4 aromatic rings. The van der Waals surface area contributed by atoms with E-state index in [4.69, 9.17) is 11.6 Å². The predicted octanol–water partition coefficient (Wildman–Crippen LogP) is 7.08. The molecule has 0 aliphatic heterocycles. The standard InChI is InChI=1S/C25H17ClF6N6/c26-15-6-8-16(9-7-15)35-23(34-13-33)38-21(12-22-36-19-3-1-2-4-20(19)37-22)17-11-14(24(27,28)29)5-10-18(17)25(30,31)32/h1-11,21H,12H2,(H,36,37)(H2,34,35,38). The number of H-pyrrole nitrogens is 1. The van der Waals surface area contributed by atoms with E-state index in [-0.39, 0.29) is 18.2 Å². The van der Waals surface area contributed by atoms with Gasteiger partial charge >= 0.3 is 12.4 Å². The topological polar surface area (TPSA) is 88.9 Å². The lowest BCUT2D eigenvalue weighted by molar-refractivity contribution is -0.142. The minimum absolute atomic E-state index is 0.188. The molecule has 0 spiro atoms. The molecule has 13 heteroatoms. The molecule has 1 heterocycles. The maximum absolute atomic E-state index is 14.0. The number of aromatic amines is 1. The number of rotatable bonds is 5. The number of guanidine groups is 1. The first kappa shape index (κ1) is 26.8. The minimum Gasteiger partial charge on any atom is -0.342 e. The van der Waals surface area contributed by atoms with Crippen LogP contribution < -0.4 is 10.6 Å². The van der Waals surface area contributed by atoms with Crippen molar-refractivity contribution in [3.8, 4) is 6.19 Å². The summed E-state index contributed by atoms with van der Waals surface area (Å²) in [5, 5.41) is 14.6. The highest BCUT2D eigenvalue weighted by atomic mass is 35.5. The van der Waals surface area contributed by atoms with Gasteiger partial charge in [0, 0.05) is 17.1 Å². The molecule has 4 rings (SSSR count). The van der Waals surface area contributed by atoms with E-state index >= 15 is 0 Å². The van der Waals surface area contributed by atoms with Crippen molar-refractivity contribution in [1.29, 1.82) is 5.26 Å². The quantitative estimate of drug-likeness (QED) is 0.0814. The number of nitrogens with zero attached hydrogens (tertiary/aromatic N) is 3. The zero-order valence-corrected chi connectivity index (χ0v) is 19.9. The molecule has 0 saturated carbocycles. The average molecular weight is 551 g/mol. The molecule has 0 radical (unpaired) electrons. The Morgan fingerprint density at radius 3 is 2.34 bits per heavy atom. The van der Waals surface area contributed by atoms with Crippen molar-refractivity contribution in [2.45, 2.75) is 24.8 Å². The van der Waals surface area contributed by atoms with Gasteiger partial charge in [0.15, 0.2) is 6.19 Å². The van der Waals surface area contributed by atoms with Crippen molar-refractivity contribution in [3.05, 3.63) is 94.3 Å². The number of benzene rings is 3. The maximum Gasteiger partial charge on any atom is 0.416 e. The lowest BCUT2D eigenvalue weighted by Crippen LogP contribution is -2.28. The smallest absolute Gasteiger partial charge is 0.342 e. The van der Waals surface area contributed by atoms with Gasteiger partial charge in [0.2, 0.25) is 5.96 Å². The van der Waals surface area contributed by atoms with Gasteiger partial charge in [-0.3, -0.25) is 5.32 Å². The molecule has 0 aliphatic carbocycles. The van der Waals surface area contributed by atoms with Crippen molar-refractivity contribution in [2.24, 2.45) is 4.99 Å². The third-order valence-corrected chi connectivity index (χ3v) is 5.69. The van der Waals surface area contributed by atoms with Gasteiger partial charge in [0.25, 0.3) is 0 Å². The summed E-state index contributed by atoms with van der Waals surface area (Å²) in [7, 11) is 0. The molecule has 0 amide bonds. The fourth-order valence-corrected chi connectivity index (χ4v) is 3.88. The SMILES string of the molecule is N#CNC(=NC(Cc1nc2ccccc2[nH]1)c1cc(C(F)(F)F)ccc1C(F)(F)F)Nc1ccc(Cl)cc1. The molecule has 1 atom stereocenters. The highest BCUT2D eigenvalue weighted by Crippen LogP contribution is 2.40. The van der Waals surface area contributed by atoms with E-state index in [1.165, 1.54) is 24.3 Å². The first-order valence-electron chi connectivity index (χ1n) is 10.9. The Kier molecular flexibility index (Phi) is 7.50. The number of imidazole rings is 1. The molecule has 0 fully saturated rings. The highest BCUT2D eigenvalue weighted by molar-refractivity contribution is 6.30. The van der Waals surface area contributed by atoms with Crippen molar-refractivity contribution in [1.82, 2.24) is 15.3 Å². The number of nitriles is 1. The Bertz CT molecular complexity index is 1470. The van der Waals surface area contributed by atoms with Gasteiger partial charge in [-0.2, -0.15) is 31.6 Å². The summed E-state index contributed by atoms with van der Waals surface area (Å²) >= 11 is 5.87. The molecule has 0 aliphatic rings. The fourth-order valence-electron chi connectivity index (χ4n) is 3.76. The second kappa shape index (κ2) is 10.6. The highest BCUT2D eigenvalue weighted by Gasteiger charge is 2.39. The van der Waals surface area contributed by atoms with E-state index in [0.29, 0.717) is 39.9 Å². The van der Waals surface area contributed by atoms with Crippen LogP contribution in [0.2, 0.25) is 5.02 Å². The number of aliphatic imine (C=N–C) groups is 1. The van der Waals surface area contributed by atoms with Crippen molar-refractivity contribution >= 4 is 34.3 Å². The molecule has 3 aromatic carbocycles. The summed E-state index contributed by atoms with van der Waals surface area (Å²) in [6.45, 7) is 0. The van der Waals surface area contributed by atoms with Gasteiger partial charge in [-0.25, -0.2) is 9.98 Å². The monoisotopic (exact) mass is 550 g/mol. The lowest BCUT2D eigenvalue weighted by Gasteiger charge is -2.21. The summed E-state index contributed by atoms with van der Waals surface area (Å²) in [5.74, 6) is -0.102. The van der Waals surface area contributed by atoms with Gasteiger partial charge in [-0.15, -0.1) is 0 Å². The first-order chi connectivity index (χ1) is 17.9. The van der Waals surface area contributed by atoms with Crippen LogP contribution in [0, 0.1) is 11.5 Å². The van der Waals surface area contributed by atoms with Crippen molar-refractivity contribution in [2.75, 3.05) is 5.32 Å².